The second kappa shape index (κ2) is 4.56. The highest BCUT2D eigenvalue weighted by molar-refractivity contribution is 5.28. The fourth-order valence-electron chi connectivity index (χ4n) is 2.83. The van der Waals surface area contributed by atoms with Crippen LogP contribution in [0, 0.1) is 5.92 Å². The van der Waals surface area contributed by atoms with E-state index in [1.54, 1.807) is 6.92 Å². The molecule has 0 aromatic carbocycles. The summed E-state index contributed by atoms with van der Waals surface area (Å²) in [6, 6.07) is 0. The largest absolute Gasteiger partial charge is 0.491 e. The molecule has 0 unspecified atom stereocenters. The molecule has 0 bridgehead atoms. The summed E-state index contributed by atoms with van der Waals surface area (Å²) < 4.78 is 5.84. The molecule has 100 valence electrons. The maximum absolute atomic E-state index is 10.6. The van der Waals surface area contributed by atoms with Crippen LogP contribution in [0.25, 0.3) is 0 Å². The van der Waals surface area contributed by atoms with E-state index in [4.69, 9.17) is 4.74 Å². The summed E-state index contributed by atoms with van der Waals surface area (Å²) in [5, 5.41) is 20.7. The Morgan fingerprint density at radius 1 is 1.50 bits per heavy atom. The number of allylic oxidation sites excluding steroid dienone is 3. The predicted octanol–water partition coefficient (Wildman–Crippen LogP) is 2.31. The van der Waals surface area contributed by atoms with Crippen molar-refractivity contribution in [1.29, 1.82) is 0 Å². The molecule has 1 aliphatic heterocycles. The van der Waals surface area contributed by atoms with Gasteiger partial charge in [0.05, 0.1) is 12.0 Å². The van der Waals surface area contributed by atoms with Crippen LogP contribution in [0.5, 0.6) is 0 Å². The summed E-state index contributed by atoms with van der Waals surface area (Å²) >= 11 is 0. The minimum absolute atomic E-state index is 0.128. The molecule has 1 heterocycles. The first-order valence-corrected chi connectivity index (χ1v) is 6.42. The maximum atomic E-state index is 10.6. The highest BCUT2D eigenvalue weighted by Crippen LogP contribution is 2.45. The molecule has 3 heteroatoms. The lowest BCUT2D eigenvalue weighted by atomic mass is 9.76. The Kier molecular flexibility index (Phi) is 3.39. The summed E-state index contributed by atoms with van der Waals surface area (Å²) in [7, 11) is 0. The van der Waals surface area contributed by atoms with Gasteiger partial charge in [0.15, 0.2) is 0 Å². The van der Waals surface area contributed by atoms with Crippen LogP contribution in [0.1, 0.15) is 34.1 Å². The van der Waals surface area contributed by atoms with Gasteiger partial charge in [0.25, 0.3) is 0 Å². The van der Waals surface area contributed by atoms with Crippen LogP contribution >= 0.6 is 0 Å². The molecule has 0 radical (unpaired) electrons. The van der Waals surface area contributed by atoms with Crippen molar-refractivity contribution < 1.29 is 14.9 Å². The molecule has 2 rings (SSSR count). The lowest BCUT2D eigenvalue weighted by Gasteiger charge is -2.32. The van der Waals surface area contributed by atoms with Gasteiger partial charge in [0.2, 0.25) is 0 Å². The first kappa shape index (κ1) is 13.4. The number of fused-ring (bicyclic) bond motifs is 1. The van der Waals surface area contributed by atoms with Crippen LogP contribution in [-0.2, 0) is 4.74 Å². The molecule has 1 aliphatic carbocycles. The zero-order valence-corrected chi connectivity index (χ0v) is 11.5. The van der Waals surface area contributed by atoms with Crippen molar-refractivity contribution in [3.05, 3.63) is 35.1 Å². The summed E-state index contributed by atoms with van der Waals surface area (Å²) in [5.41, 5.74) is 1.15. The van der Waals surface area contributed by atoms with Gasteiger partial charge in [-0.1, -0.05) is 23.3 Å². The second-order valence-corrected chi connectivity index (χ2v) is 5.81. The molecule has 2 N–H and O–H groups in total. The van der Waals surface area contributed by atoms with Gasteiger partial charge in [-0.2, -0.15) is 0 Å². The van der Waals surface area contributed by atoms with Crippen LogP contribution in [0.4, 0.5) is 0 Å². The van der Waals surface area contributed by atoms with Crippen LogP contribution in [0.2, 0.25) is 0 Å². The molecule has 2 aliphatic rings. The van der Waals surface area contributed by atoms with E-state index >= 15 is 0 Å². The molecular formula is C15H22O3. The number of ether oxygens (including phenoxy) is 1. The third kappa shape index (κ3) is 2.25. The Labute approximate surface area is 108 Å². The van der Waals surface area contributed by atoms with Crippen molar-refractivity contribution in [2.45, 2.75) is 51.9 Å². The average Bonchev–Trinajstić information content (AvgIpc) is 2.46. The van der Waals surface area contributed by atoms with Gasteiger partial charge in [0, 0.05) is 6.42 Å². The Morgan fingerprint density at radius 3 is 2.78 bits per heavy atom. The van der Waals surface area contributed by atoms with Crippen LogP contribution < -0.4 is 0 Å². The number of aliphatic hydroxyl groups excluding tert-OH is 1. The van der Waals surface area contributed by atoms with Crippen molar-refractivity contribution in [2.75, 3.05) is 0 Å². The standard InChI is InChI=1S/C15H22O3/c1-9(2)5-6-13-15(4,17)14-11(16)7-10(3)8-12(14)18-13/h5-7,11-12,14,16-17H,8H2,1-4H3/b13-6-/t11-,12-,14+,15-/m0/s1. The number of rotatable bonds is 1. The van der Waals surface area contributed by atoms with Gasteiger partial charge < -0.3 is 14.9 Å². The highest BCUT2D eigenvalue weighted by atomic mass is 16.5. The number of hydrogen-bond donors (Lipinski definition) is 2. The van der Waals surface area contributed by atoms with E-state index in [1.165, 1.54) is 0 Å². The summed E-state index contributed by atoms with van der Waals surface area (Å²) in [5.74, 6) is 0.277. The van der Waals surface area contributed by atoms with Crippen molar-refractivity contribution >= 4 is 0 Å². The van der Waals surface area contributed by atoms with Gasteiger partial charge in [-0.25, -0.2) is 0 Å². The van der Waals surface area contributed by atoms with Crippen LogP contribution in [-0.4, -0.2) is 28.0 Å². The molecule has 18 heavy (non-hydrogen) atoms. The molecule has 0 amide bonds. The molecule has 3 nitrogen and oxygen atoms in total. The van der Waals surface area contributed by atoms with Gasteiger partial charge >= 0.3 is 0 Å². The Morgan fingerprint density at radius 2 is 2.17 bits per heavy atom. The summed E-state index contributed by atoms with van der Waals surface area (Å²) in [4.78, 5) is 0. The topological polar surface area (TPSA) is 49.7 Å². The molecule has 0 aromatic rings. The van der Waals surface area contributed by atoms with E-state index in [0.717, 1.165) is 17.6 Å². The van der Waals surface area contributed by atoms with E-state index in [1.807, 2.05) is 39.0 Å². The molecule has 0 spiro atoms. The van der Waals surface area contributed by atoms with Crippen molar-refractivity contribution in [3.8, 4) is 0 Å². The van der Waals surface area contributed by atoms with Gasteiger partial charge in [-0.05, 0) is 33.8 Å². The van der Waals surface area contributed by atoms with Crippen molar-refractivity contribution in [2.24, 2.45) is 5.92 Å². The van der Waals surface area contributed by atoms with E-state index in [0.29, 0.717) is 5.76 Å². The van der Waals surface area contributed by atoms with E-state index in [2.05, 4.69) is 0 Å². The first-order chi connectivity index (χ1) is 8.32. The van der Waals surface area contributed by atoms with Gasteiger partial charge in [-0.3, -0.25) is 0 Å². The minimum atomic E-state index is -1.10. The van der Waals surface area contributed by atoms with Crippen LogP contribution in [0.15, 0.2) is 35.1 Å². The van der Waals surface area contributed by atoms with Gasteiger partial charge in [-0.15, -0.1) is 0 Å². The third-order valence-corrected chi connectivity index (χ3v) is 3.74. The lowest BCUT2D eigenvalue weighted by Crippen LogP contribution is -2.44. The van der Waals surface area contributed by atoms with Crippen LogP contribution in [0.3, 0.4) is 0 Å². The lowest BCUT2D eigenvalue weighted by molar-refractivity contribution is -0.0151. The monoisotopic (exact) mass is 250 g/mol. The second-order valence-electron chi connectivity index (χ2n) is 5.81. The number of hydrogen-bond acceptors (Lipinski definition) is 3. The fraction of sp³-hybridized carbons (Fsp3) is 0.600. The fourth-order valence-corrected chi connectivity index (χ4v) is 2.83. The molecule has 1 saturated heterocycles. The summed E-state index contributed by atoms with van der Waals surface area (Å²) in [6.45, 7) is 7.69. The van der Waals surface area contributed by atoms with E-state index in [9.17, 15) is 10.2 Å². The molecule has 0 aromatic heterocycles. The molecule has 0 saturated carbocycles. The quantitative estimate of drug-likeness (QED) is 0.702. The number of aliphatic hydroxyl groups is 2. The SMILES string of the molecule is CC(C)=C/C=C1\O[C@H]2CC(C)=C[C@H](O)[C@H]2[C@@]1(C)O. The summed E-state index contributed by atoms with van der Waals surface area (Å²) in [6.07, 6.45) is 5.56. The first-order valence-electron chi connectivity index (χ1n) is 6.42. The average molecular weight is 250 g/mol. The Bertz CT molecular complexity index is 425. The molecular weight excluding hydrogens is 228 g/mol. The van der Waals surface area contributed by atoms with E-state index in [-0.39, 0.29) is 12.0 Å². The molecule has 4 atom stereocenters. The van der Waals surface area contributed by atoms with Gasteiger partial charge in [0.1, 0.15) is 17.5 Å². The smallest absolute Gasteiger partial charge is 0.128 e. The molecule has 1 fully saturated rings. The predicted molar refractivity (Wildman–Crippen MR) is 70.9 cm³/mol. The van der Waals surface area contributed by atoms with Crippen molar-refractivity contribution in [3.63, 3.8) is 0 Å². The zero-order valence-electron chi connectivity index (χ0n) is 11.5. The maximum Gasteiger partial charge on any atom is 0.128 e. The zero-order chi connectivity index (χ0) is 13.5. The third-order valence-electron chi connectivity index (χ3n) is 3.74. The Balaban J connectivity index is 2.32. The van der Waals surface area contributed by atoms with E-state index < -0.39 is 11.7 Å². The normalized spacial score (nSPS) is 41.1. The van der Waals surface area contributed by atoms with Crippen molar-refractivity contribution in [1.82, 2.24) is 0 Å². The minimum Gasteiger partial charge on any atom is -0.491 e. The highest BCUT2D eigenvalue weighted by Gasteiger charge is 2.53. The Hall–Kier alpha value is -1.06.